The Morgan fingerprint density at radius 1 is 1.21 bits per heavy atom. The van der Waals surface area contributed by atoms with Gasteiger partial charge in [0.25, 0.3) is 5.91 Å². The molecule has 3 aliphatic rings. The van der Waals surface area contributed by atoms with Crippen molar-refractivity contribution in [3.8, 4) is 0 Å². The number of hydrogen-bond donors (Lipinski definition) is 4. The lowest BCUT2D eigenvalue weighted by atomic mass is 9.88. The van der Waals surface area contributed by atoms with Crippen molar-refractivity contribution in [2.45, 2.75) is 65.3 Å². The molecule has 2 amide bonds. The molecule has 2 saturated carbocycles. The quantitative estimate of drug-likeness (QED) is 0.144. The lowest BCUT2D eigenvalue weighted by molar-refractivity contribution is -0.126. The second kappa shape index (κ2) is 13.9. The summed E-state index contributed by atoms with van der Waals surface area (Å²) in [4.78, 5) is 33.4. The number of nitrogens with zero attached hydrogens (tertiary/aromatic N) is 2. The summed E-state index contributed by atoms with van der Waals surface area (Å²) in [6.07, 6.45) is 10.7. The van der Waals surface area contributed by atoms with Gasteiger partial charge in [-0.15, -0.1) is 0 Å². The van der Waals surface area contributed by atoms with Crippen LogP contribution in [0.25, 0.3) is 5.57 Å². The zero-order valence-electron chi connectivity index (χ0n) is 25.0. The van der Waals surface area contributed by atoms with E-state index in [2.05, 4.69) is 22.5 Å². The van der Waals surface area contributed by atoms with Crippen molar-refractivity contribution in [3.63, 3.8) is 0 Å². The molecule has 42 heavy (non-hydrogen) atoms. The summed E-state index contributed by atoms with van der Waals surface area (Å²) >= 11 is -1.01. The maximum atomic E-state index is 15.2. The third-order valence-corrected chi connectivity index (χ3v) is 9.04. The average Bonchev–Trinajstić information content (AvgIpc) is 3.88. The highest BCUT2D eigenvalue weighted by molar-refractivity contribution is 7.90. The number of anilines is 1. The van der Waals surface area contributed by atoms with E-state index in [9.17, 15) is 14.1 Å². The molecule has 1 aliphatic heterocycles. The maximum absolute atomic E-state index is 15.2. The molecule has 0 radical (unpaired) electrons. The highest BCUT2D eigenvalue weighted by atomic mass is 32.2. The van der Waals surface area contributed by atoms with Crippen LogP contribution in [0.2, 0.25) is 0 Å². The van der Waals surface area contributed by atoms with E-state index in [1.807, 2.05) is 17.9 Å². The molecular formula is C31H43FN6O3S. The Bertz CT molecular complexity index is 1290. The summed E-state index contributed by atoms with van der Waals surface area (Å²) in [7, 11) is 0. The molecular weight excluding hydrogens is 555 g/mol. The van der Waals surface area contributed by atoms with E-state index in [1.54, 1.807) is 19.3 Å². The maximum Gasteiger partial charge on any atom is 0.268 e. The molecule has 1 unspecified atom stereocenters. The lowest BCUT2D eigenvalue weighted by Gasteiger charge is -2.32. The van der Waals surface area contributed by atoms with Crippen LogP contribution in [-0.2, 0) is 20.8 Å². The molecule has 2 fully saturated rings. The first kappa shape index (κ1) is 31.7. The molecule has 0 bridgehead atoms. The van der Waals surface area contributed by atoms with Crippen LogP contribution in [0.3, 0.4) is 0 Å². The van der Waals surface area contributed by atoms with E-state index in [0.29, 0.717) is 54.1 Å². The lowest BCUT2D eigenvalue weighted by Crippen LogP contribution is -2.52. The van der Waals surface area contributed by atoms with Crippen molar-refractivity contribution in [1.82, 2.24) is 15.2 Å². The third-order valence-electron chi connectivity index (χ3n) is 8.28. The number of nitrogens with one attached hydrogen (secondary N) is 3. The van der Waals surface area contributed by atoms with Crippen LogP contribution >= 0.6 is 0 Å². The van der Waals surface area contributed by atoms with Gasteiger partial charge >= 0.3 is 0 Å². The van der Waals surface area contributed by atoms with Crippen molar-refractivity contribution in [2.75, 3.05) is 30.4 Å². The van der Waals surface area contributed by atoms with Crippen molar-refractivity contribution >= 4 is 40.1 Å². The van der Waals surface area contributed by atoms with E-state index < -0.39 is 29.1 Å². The summed E-state index contributed by atoms with van der Waals surface area (Å²) < 4.78 is 27.0. The SMILES string of the molecule is CCC1=CC=C(C(=O)N[C@H](C(=O)Nc2ccc(/C(C(C)=N)=C(/N)CC)c(F)n2)C(C2CC2)C2CC2)N(CC[S+](C)[O-])C1. The zero-order chi connectivity index (χ0) is 30.6. The molecule has 2 aliphatic carbocycles. The van der Waals surface area contributed by atoms with Crippen LogP contribution in [0.15, 0.2) is 41.3 Å². The standard InChI is InChI=1S/C31H43FN6O3S/c1-5-19-7-13-24(38(17-19)15-16-42(4)41)30(39)37-28(27(20-8-9-20)21-10-11-21)31(40)36-25-14-12-22(29(32)35-25)26(18(3)33)23(34)6-2/h7,12-14,20-21,27-28,33H,5-6,8-11,15-17,34H2,1-4H3,(H,37,39)(H,35,36,40)/b26-23+,33-18?/t28-,42?/m0/s1. The first-order chi connectivity index (χ1) is 20.0. The van der Waals surface area contributed by atoms with E-state index in [-0.39, 0.29) is 28.9 Å². The molecule has 5 N–H and O–H groups in total. The summed E-state index contributed by atoms with van der Waals surface area (Å²) in [6.45, 7) is 6.47. The molecule has 2 atom stereocenters. The van der Waals surface area contributed by atoms with Crippen molar-refractivity contribution in [3.05, 3.63) is 52.8 Å². The van der Waals surface area contributed by atoms with Gasteiger partial charge in [0.2, 0.25) is 11.9 Å². The Morgan fingerprint density at radius 3 is 2.40 bits per heavy atom. The molecule has 11 heteroatoms. The Labute approximate surface area is 251 Å². The first-order valence-electron chi connectivity index (χ1n) is 14.8. The number of hydrogen-bond acceptors (Lipinski definition) is 7. The first-order valence-corrected chi connectivity index (χ1v) is 16.5. The molecule has 1 aromatic rings. The largest absolute Gasteiger partial charge is 0.617 e. The van der Waals surface area contributed by atoms with Crippen LogP contribution in [0.1, 0.15) is 64.9 Å². The van der Waals surface area contributed by atoms with Gasteiger partial charge < -0.3 is 31.2 Å². The number of carbonyl (C=O) groups is 2. The zero-order valence-corrected chi connectivity index (χ0v) is 25.8. The fourth-order valence-corrected chi connectivity index (χ4v) is 6.18. The van der Waals surface area contributed by atoms with Crippen molar-refractivity contribution < 1.29 is 18.5 Å². The van der Waals surface area contributed by atoms with Crippen LogP contribution in [0, 0.1) is 29.1 Å². The number of halogens is 1. The highest BCUT2D eigenvalue weighted by Crippen LogP contribution is 2.51. The Kier molecular flexibility index (Phi) is 10.5. The van der Waals surface area contributed by atoms with Gasteiger partial charge in [0, 0.05) is 29.1 Å². The van der Waals surface area contributed by atoms with Crippen LogP contribution in [0.4, 0.5) is 10.2 Å². The normalized spacial score (nSPS) is 19.0. The van der Waals surface area contributed by atoms with Gasteiger partial charge in [0.15, 0.2) is 0 Å². The molecule has 0 aromatic carbocycles. The number of pyridine rings is 1. The Morgan fingerprint density at radius 2 is 1.88 bits per heavy atom. The van der Waals surface area contributed by atoms with Gasteiger partial charge in [-0.2, -0.15) is 4.39 Å². The second-order valence-corrected chi connectivity index (χ2v) is 13.1. The molecule has 9 nitrogen and oxygen atoms in total. The van der Waals surface area contributed by atoms with Gasteiger partial charge in [-0.3, -0.25) is 9.59 Å². The molecule has 0 saturated heterocycles. The molecule has 228 valence electrons. The van der Waals surface area contributed by atoms with Crippen LogP contribution in [0.5, 0.6) is 0 Å². The molecule has 0 spiro atoms. The number of amides is 2. The minimum Gasteiger partial charge on any atom is -0.617 e. The fourth-order valence-electron chi connectivity index (χ4n) is 5.70. The van der Waals surface area contributed by atoms with Crippen molar-refractivity contribution in [1.29, 1.82) is 5.41 Å². The van der Waals surface area contributed by atoms with E-state index in [0.717, 1.165) is 32.1 Å². The molecule has 2 heterocycles. The van der Waals surface area contributed by atoms with Gasteiger partial charge in [-0.05, 0) is 81.4 Å². The summed E-state index contributed by atoms with van der Waals surface area (Å²) in [5.74, 6) is -0.455. The summed E-state index contributed by atoms with van der Waals surface area (Å²) in [5, 5.41) is 13.8. The van der Waals surface area contributed by atoms with E-state index in [4.69, 9.17) is 11.1 Å². The fraction of sp³-hybridized carbons (Fsp3) is 0.548. The number of allylic oxidation sites excluding steroid dienone is 4. The average molecular weight is 599 g/mol. The Balaban J connectivity index is 1.58. The van der Waals surface area contributed by atoms with E-state index >= 15 is 4.39 Å². The smallest absolute Gasteiger partial charge is 0.268 e. The van der Waals surface area contributed by atoms with Gasteiger partial charge in [-0.25, -0.2) is 4.98 Å². The summed E-state index contributed by atoms with van der Waals surface area (Å²) in [5.41, 5.74) is 8.59. The third kappa shape index (κ3) is 7.80. The van der Waals surface area contributed by atoms with Crippen molar-refractivity contribution in [2.24, 2.45) is 23.5 Å². The second-order valence-electron chi connectivity index (χ2n) is 11.5. The van der Waals surface area contributed by atoms with Crippen LogP contribution in [-0.4, -0.2) is 63.1 Å². The predicted octanol–water partition coefficient (Wildman–Crippen LogP) is 4.11. The number of carbonyl (C=O) groups excluding carboxylic acids is 2. The van der Waals surface area contributed by atoms with E-state index in [1.165, 1.54) is 17.7 Å². The predicted molar refractivity (Wildman–Crippen MR) is 165 cm³/mol. The highest BCUT2D eigenvalue weighted by Gasteiger charge is 2.48. The van der Waals surface area contributed by atoms with Gasteiger partial charge in [0.05, 0.1) is 12.8 Å². The number of rotatable bonds is 14. The minimum absolute atomic E-state index is 0.0138. The Hall–Kier alpha value is -3.18. The molecule has 1 aromatic heterocycles. The van der Waals surface area contributed by atoms with Gasteiger partial charge in [0.1, 0.15) is 23.3 Å². The number of nitrogens with two attached hydrogens (primary N) is 1. The topological polar surface area (TPSA) is 147 Å². The van der Waals surface area contributed by atoms with Gasteiger partial charge in [-0.1, -0.05) is 36.7 Å². The minimum atomic E-state index is -1.01. The molecule has 4 rings (SSSR count). The summed E-state index contributed by atoms with van der Waals surface area (Å²) in [6, 6.07) is 2.16. The monoisotopic (exact) mass is 598 g/mol. The number of aromatic nitrogens is 1. The van der Waals surface area contributed by atoms with Crippen LogP contribution < -0.4 is 16.4 Å².